The summed E-state index contributed by atoms with van der Waals surface area (Å²) in [5, 5.41) is 6.81. The van der Waals surface area contributed by atoms with Crippen LogP contribution in [0.25, 0.3) is 21.5 Å². The van der Waals surface area contributed by atoms with E-state index in [-0.39, 0.29) is 70.2 Å². The third kappa shape index (κ3) is 9.70. The van der Waals surface area contributed by atoms with Crippen LogP contribution in [0.15, 0.2) is 109 Å². The number of halogens is 10. The Hall–Kier alpha value is -4.75. The zero-order chi connectivity index (χ0) is 45.7. The average Bonchev–Trinajstić information content (AvgIpc) is 3.85. The second kappa shape index (κ2) is 17.3. The molecular formula is C47H42Cl4F6N4O2. The van der Waals surface area contributed by atoms with Crippen LogP contribution in [0.5, 0.6) is 0 Å². The lowest BCUT2D eigenvalue weighted by atomic mass is 9.79. The third-order valence-corrected chi connectivity index (χ3v) is 12.5. The Bertz CT molecular complexity index is 2650. The summed E-state index contributed by atoms with van der Waals surface area (Å²) in [5.74, 6) is 0. The first-order valence-corrected chi connectivity index (χ1v) is 21.4. The molecule has 3 N–H and O–H groups in total. The Balaban J connectivity index is 0.000000193. The Morgan fingerprint density at radius 1 is 0.619 bits per heavy atom. The largest absolute Gasteiger partial charge is 0.444 e. The number of rotatable bonds is 5. The summed E-state index contributed by atoms with van der Waals surface area (Å²) in [5.41, 5.74) is 3.98. The molecule has 0 saturated carbocycles. The maximum atomic E-state index is 14.4. The number of anilines is 4. The summed E-state index contributed by atoms with van der Waals surface area (Å²) in [6.45, 7) is 5.36. The first kappa shape index (κ1) is 46.2. The van der Waals surface area contributed by atoms with Crippen LogP contribution < -0.4 is 20.9 Å². The van der Waals surface area contributed by atoms with Crippen molar-refractivity contribution in [2.45, 2.75) is 62.4 Å². The molecular weight excluding hydrogens is 908 g/mol. The van der Waals surface area contributed by atoms with Gasteiger partial charge in [0.25, 0.3) is 0 Å². The Labute approximate surface area is 380 Å². The van der Waals surface area contributed by atoms with Gasteiger partial charge in [-0.3, -0.25) is 5.32 Å². The van der Waals surface area contributed by atoms with Crippen LogP contribution in [0.3, 0.4) is 0 Å². The molecule has 2 aliphatic rings. The van der Waals surface area contributed by atoms with E-state index in [9.17, 15) is 31.1 Å². The van der Waals surface area contributed by atoms with Gasteiger partial charge in [0.15, 0.2) is 0 Å². The number of amides is 1. The van der Waals surface area contributed by atoms with Crippen LogP contribution in [0, 0.1) is 0 Å². The van der Waals surface area contributed by atoms with Gasteiger partial charge in [-0.1, -0.05) is 82.8 Å². The van der Waals surface area contributed by atoms with Crippen molar-refractivity contribution in [3.05, 3.63) is 140 Å². The number of benzene rings is 6. The lowest BCUT2D eigenvalue weighted by Crippen LogP contribution is -2.44. The van der Waals surface area contributed by atoms with Crippen molar-refractivity contribution in [1.29, 1.82) is 0 Å². The highest BCUT2D eigenvalue weighted by atomic mass is 35.5. The molecule has 2 atom stereocenters. The number of nitrogens with two attached hydrogens (primary N) is 1. The highest BCUT2D eigenvalue weighted by Gasteiger charge is 2.60. The number of hydrogen-bond donors (Lipinski definition) is 2. The molecule has 2 heterocycles. The fourth-order valence-electron chi connectivity index (χ4n) is 8.47. The Morgan fingerprint density at radius 3 is 1.49 bits per heavy atom. The van der Waals surface area contributed by atoms with Crippen LogP contribution in [0.4, 0.5) is 53.9 Å². The summed E-state index contributed by atoms with van der Waals surface area (Å²) >= 11 is 24.1. The Morgan fingerprint density at radius 2 is 1.05 bits per heavy atom. The van der Waals surface area contributed by atoms with Gasteiger partial charge in [0.05, 0.1) is 5.69 Å². The molecule has 6 aromatic carbocycles. The van der Waals surface area contributed by atoms with E-state index in [2.05, 4.69) is 5.32 Å². The molecule has 2 unspecified atom stereocenters. The molecule has 2 aliphatic heterocycles. The summed E-state index contributed by atoms with van der Waals surface area (Å²) in [6.07, 6.45) is -9.69. The minimum absolute atomic E-state index is 0.0645. The first-order chi connectivity index (χ1) is 29.5. The van der Waals surface area contributed by atoms with Gasteiger partial charge < -0.3 is 20.3 Å². The predicted octanol–water partition coefficient (Wildman–Crippen LogP) is 14.6. The van der Waals surface area contributed by atoms with Crippen LogP contribution in [-0.2, 0) is 15.6 Å². The van der Waals surface area contributed by atoms with Gasteiger partial charge in [0, 0.05) is 74.1 Å². The van der Waals surface area contributed by atoms with Crippen molar-refractivity contribution in [3.63, 3.8) is 0 Å². The number of nitrogen functional groups attached to an aromatic ring is 1. The molecule has 332 valence electrons. The minimum Gasteiger partial charge on any atom is -0.444 e. The number of fused-ring (bicyclic) bond motifs is 2. The quantitative estimate of drug-likeness (QED) is 0.133. The van der Waals surface area contributed by atoms with Crippen LogP contribution >= 0.6 is 46.4 Å². The molecule has 0 spiro atoms. The molecule has 2 fully saturated rings. The van der Waals surface area contributed by atoms with Crippen LogP contribution in [-0.4, -0.2) is 50.2 Å². The fourth-order valence-corrected chi connectivity index (χ4v) is 9.52. The Kier molecular flexibility index (Phi) is 12.7. The minimum atomic E-state index is -4.49. The molecule has 0 aromatic heterocycles. The SMILES string of the molecule is CC(C)(C)OC(=O)Nc1cccc2cc(N3CCC(c4cc(Cl)cc(Cl)c4)(C(F)(F)F)C3)ccc12.Nc1cccc2cc(N3CCC(c4cc(Cl)cc(Cl)c4)(C(F)(F)F)C3)ccc12. The van der Waals surface area contributed by atoms with Crippen LogP contribution in [0.2, 0.25) is 20.1 Å². The second-order valence-corrected chi connectivity index (χ2v) is 18.7. The fraction of sp³-hybridized carbons (Fsp3) is 0.298. The monoisotopic (exact) mass is 948 g/mol. The standard InChI is InChI=1S/C26H25Cl2F3N2O2.C21H17Cl2F3N2/c1-24(2,3)35-23(34)32-22-6-4-5-16-11-20(7-8-21(16)22)33-10-9-25(15-33,26(29,30)31)17-12-18(27)14-19(28)13-17;22-15-9-14(10-16(23)11-15)20(21(24,25)26)6-7-28(12-20)17-4-5-18-13(8-17)2-1-3-19(18)27/h4-8,11-14H,9-10,15H2,1-3H3,(H,32,34);1-5,8-11H,6-7,12,27H2. The molecule has 1 amide bonds. The predicted molar refractivity (Wildman–Crippen MR) is 244 cm³/mol. The van der Waals surface area contributed by atoms with Gasteiger partial charge in [0.1, 0.15) is 16.4 Å². The van der Waals surface area contributed by atoms with Gasteiger partial charge in [0.2, 0.25) is 0 Å². The topological polar surface area (TPSA) is 70.8 Å². The molecule has 6 nitrogen and oxygen atoms in total. The summed E-state index contributed by atoms with van der Waals surface area (Å²) in [6, 6.07) is 30.1. The van der Waals surface area contributed by atoms with Crippen molar-refractivity contribution in [2.24, 2.45) is 0 Å². The number of carbonyl (C=O) groups is 1. The van der Waals surface area contributed by atoms with E-state index in [1.807, 2.05) is 42.5 Å². The molecule has 0 aliphatic carbocycles. The number of ether oxygens (including phenoxy) is 1. The lowest BCUT2D eigenvalue weighted by molar-refractivity contribution is -0.185. The van der Waals surface area contributed by atoms with E-state index in [4.69, 9.17) is 56.9 Å². The van der Waals surface area contributed by atoms with Crippen molar-refractivity contribution in [2.75, 3.05) is 47.0 Å². The zero-order valence-corrected chi connectivity index (χ0v) is 37.2. The summed E-state index contributed by atoms with van der Waals surface area (Å²) < 4.78 is 91.3. The van der Waals surface area contributed by atoms with E-state index in [0.717, 1.165) is 27.2 Å². The highest BCUT2D eigenvalue weighted by molar-refractivity contribution is 6.35. The molecule has 0 bridgehead atoms. The lowest BCUT2D eigenvalue weighted by Gasteiger charge is -2.33. The number of hydrogen-bond acceptors (Lipinski definition) is 5. The molecule has 16 heteroatoms. The molecule has 0 radical (unpaired) electrons. The second-order valence-electron chi connectivity index (χ2n) is 16.9. The maximum Gasteiger partial charge on any atom is 0.412 e. The van der Waals surface area contributed by atoms with Crippen molar-refractivity contribution in [3.8, 4) is 0 Å². The molecule has 63 heavy (non-hydrogen) atoms. The van der Waals surface area contributed by atoms with E-state index >= 15 is 0 Å². The maximum absolute atomic E-state index is 14.4. The van der Waals surface area contributed by atoms with Crippen molar-refractivity contribution >= 4 is 96.8 Å². The van der Waals surface area contributed by atoms with E-state index in [1.165, 1.54) is 36.4 Å². The van der Waals surface area contributed by atoms with Gasteiger partial charge >= 0.3 is 18.4 Å². The summed E-state index contributed by atoms with van der Waals surface area (Å²) in [4.78, 5) is 15.7. The number of nitrogens with zero attached hydrogens (tertiary/aromatic N) is 2. The first-order valence-electron chi connectivity index (χ1n) is 19.8. The van der Waals surface area contributed by atoms with Gasteiger partial charge in [-0.15, -0.1) is 0 Å². The number of alkyl halides is 6. The van der Waals surface area contributed by atoms with E-state index in [1.54, 1.807) is 60.9 Å². The molecule has 6 aromatic rings. The number of carbonyl (C=O) groups excluding carboxylic acids is 1. The zero-order valence-electron chi connectivity index (χ0n) is 34.2. The average molecular weight is 951 g/mol. The van der Waals surface area contributed by atoms with Crippen molar-refractivity contribution in [1.82, 2.24) is 0 Å². The molecule has 8 rings (SSSR count). The third-order valence-electron chi connectivity index (χ3n) is 11.6. The smallest absolute Gasteiger partial charge is 0.412 e. The van der Waals surface area contributed by atoms with Crippen LogP contribution in [0.1, 0.15) is 44.7 Å². The van der Waals surface area contributed by atoms with Gasteiger partial charge in [-0.05, 0) is 128 Å². The molecule has 2 saturated heterocycles. The normalized spacial score (nSPS) is 19.3. The van der Waals surface area contributed by atoms with Gasteiger partial charge in [-0.2, -0.15) is 26.3 Å². The van der Waals surface area contributed by atoms with Gasteiger partial charge in [-0.25, -0.2) is 4.79 Å². The summed E-state index contributed by atoms with van der Waals surface area (Å²) in [7, 11) is 0. The number of nitrogens with one attached hydrogen (secondary N) is 1. The van der Waals surface area contributed by atoms with E-state index in [0.29, 0.717) is 17.1 Å². The van der Waals surface area contributed by atoms with Crippen molar-refractivity contribution < 1.29 is 35.9 Å². The van der Waals surface area contributed by atoms with E-state index < -0.39 is 34.9 Å². The highest BCUT2D eigenvalue weighted by Crippen LogP contribution is 2.51.